The van der Waals surface area contributed by atoms with Crippen LogP contribution in [0.5, 0.6) is 5.75 Å². The van der Waals surface area contributed by atoms with Gasteiger partial charge in [0.05, 0.1) is 23.2 Å². The molecule has 0 unspecified atom stereocenters. The number of hydrazone groups is 1. The summed E-state index contributed by atoms with van der Waals surface area (Å²) in [7, 11) is 1.65. The number of amidine groups is 2. The van der Waals surface area contributed by atoms with Gasteiger partial charge in [0.15, 0.2) is 5.84 Å². The minimum absolute atomic E-state index is 0.0288. The molecule has 3 aromatic rings. The number of thiophene rings is 1. The molecule has 2 aliphatic rings. The van der Waals surface area contributed by atoms with Gasteiger partial charge in [-0.25, -0.2) is 0 Å². The van der Waals surface area contributed by atoms with Gasteiger partial charge in [0.1, 0.15) is 10.8 Å². The minimum Gasteiger partial charge on any atom is -0.495 e. The maximum absolute atomic E-state index is 12.8. The fourth-order valence-electron chi connectivity index (χ4n) is 3.77. The molecule has 0 aliphatic carbocycles. The molecule has 5 rings (SSSR count). The highest BCUT2D eigenvalue weighted by molar-refractivity contribution is 8.27. The van der Waals surface area contributed by atoms with Crippen molar-refractivity contribution in [2.45, 2.75) is 13.8 Å². The van der Waals surface area contributed by atoms with Crippen molar-refractivity contribution in [2.24, 2.45) is 10.1 Å². The number of rotatable bonds is 4. The lowest BCUT2D eigenvalue weighted by Gasteiger charge is -2.20. The third-order valence-corrected chi connectivity index (χ3v) is 7.23. The number of nitrogens with zero attached hydrogens (tertiary/aromatic N) is 4. The van der Waals surface area contributed by atoms with Crippen molar-refractivity contribution in [1.82, 2.24) is 9.58 Å². The Labute approximate surface area is 193 Å². The summed E-state index contributed by atoms with van der Waals surface area (Å²) in [6.45, 7) is 3.98. The average molecular weight is 462 g/mol. The van der Waals surface area contributed by atoms with Crippen molar-refractivity contribution < 1.29 is 9.53 Å². The van der Waals surface area contributed by atoms with Crippen molar-refractivity contribution in [3.8, 4) is 11.4 Å². The highest BCUT2D eigenvalue weighted by atomic mass is 32.2. The van der Waals surface area contributed by atoms with Crippen LogP contribution in [0.15, 0.2) is 63.5 Å². The van der Waals surface area contributed by atoms with Crippen LogP contribution in [0, 0.1) is 19.3 Å². The summed E-state index contributed by atoms with van der Waals surface area (Å²) in [5.74, 6) is 0.355. The van der Waals surface area contributed by atoms with Gasteiger partial charge >= 0.3 is 0 Å². The number of hydrogen-bond acceptors (Lipinski definition) is 6. The Morgan fingerprint density at radius 2 is 1.97 bits per heavy atom. The number of nitrogens with one attached hydrogen (secondary N) is 1. The average Bonchev–Trinajstić information content (AvgIpc) is 3.51. The first-order valence-electron chi connectivity index (χ1n) is 9.84. The number of carbonyl (C=O) groups is 1. The molecule has 2 aliphatic heterocycles. The molecule has 0 fully saturated rings. The summed E-state index contributed by atoms with van der Waals surface area (Å²) in [5, 5.41) is 17.7. The van der Waals surface area contributed by atoms with Crippen molar-refractivity contribution in [1.29, 1.82) is 5.41 Å². The van der Waals surface area contributed by atoms with Crippen LogP contribution in [0.1, 0.15) is 21.8 Å². The third kappa shape index (κ3) is 3.30. The number of amides is 1. The molecular weight excluding hydrogens is 442 g/mol. The van der Waals surface area contributed by atoms with E-state index in [1.165, 1.54) is 16.8 Å². The smallest absolute Gasteiger partial charge is 0.283 e. The highest BCUT2D eigenvalue weighted by Crippen LogP contribution is 2.33. The predicted octanol–water partition coefficient (Wildman–Crippen LogP) is 4.83. The molecule has 0 saturated carbocycles. The normalized spacial score (nSPS) is 17.0. The fraction of sp³-hybridized carbons (Fsp3) is 0.130. The van der Waals surface area contributed by atoms with E-state index in [1.807, 2.05) is 61.7 Å². The first-order valence-corrected chi connectivity index (χ1v) is 11.5. The number of aliphatic imine (C=N–C) groups is 1. The van der Waals surface area contributed by atoms with Crippen molar-refractivity contribution in [2.75, 3.05) is 7.11 Å². The number of methoxy groups -OCH3 is 1. The number of benzene rings is 1. The van der Waals surface area contributed by atoms with Crippen LogP contribution in [-0.2, 0) is 4.79 Å². The first-order chi connectivity index (χ1) is 15.5. The quantitative estimate of drug-likeness (QED) is 0.564. The second-order valence-corrected chi connectivity index (χ2v) is 9.14. The number of ether oxygens (including phenoxy) is 1. The highest BCUT2D eigenvalue weighted by Gasteiger charge is 2.36. The zero-order valence-electron chi connectivity index (χ0n) is 17.6. The third-order valence-electron chi connectivity index (χ3n) is 5.28. The summed E-state index contributed by atoms with van der Waals surface area (Å²) in [4.78, 5) is 18.0. The van der Waals surface area contributed by atoms with Gasteiger partial charge in [-0.2, -0.15) is 15.1 Å². The molecule has 0 bridgehead atoms. The van der Waals surface area contributed by atoms with E-state index in [1.54, 1.807) is 24.5 Å². The van der Waals surface area contributed by atoms with Crippen molar-refractivity contribution >= 4 is 51.1 Å². The van der Waals surface area contributed by atoms with Crippen molar-refractivity contribution in [3.05, 3.63) is 75.2 Å². The van der Waals surface area contributed by atoms with E-state index in [9.17, 15) is 4.79 Å². The maximum Gasteiger partial charge on any atom is 0.283 e. The number of hydrogen-bond donors (Lipinski definition) is 1. The Bertz CT molecular complexity index is 1350. The Hall–Kier alpha value is -3.43. The number of thioether (sulfide) groups is 1. The SMILES string of the molecule is COc1ccccc1-n1c(C)cc(/C=C2/C(=N)N3N=C(c4cccs4)SC3=NC2=O)c1C. The number of aryl methyl sites for hydroxylation is 1. The van der Waals surface area contributed by atoms with Crippen LogP contribution in [0.25, 0.3) is 11.8 Å². The van der Waals surface area contributed by atoms with Crippen LogP contribution in [0.3, 0.4) is 0 Å². The summed E-state index contributed by atoms with van der Waals surface area (Å²) >= 11 is 2.87. The van der Waals surface area contributed by atoms with Crippen LogP contribution in [-0.4, -0.2) is 38.6 Å². The van der Waals surface area contributed by atoms with Crippen LogP contribution >= 0.6 is 23.1 Å². The van der Waals surface area contributed by atoms with E-state index >= 15 is 0 Å². The van der Waals surface area contributed by atoms with Gasteiger partial charge in [0, 0.05) is 11.4 Å². The monoisotopic (exact) mass is 461 g/mol. The van der Waals surface area contributed by atoms with Gasteiger partial charge in [-0.3, -0.25) is 10.2 Å². The Morgan fingerprint density at radius 3 is 2.72 bits per heavy atom. The summed E-state index contributed by atoms with van der Waals surface area (Å²) in [6.07, 6.45) is 1.72. The summed E-state index contributed by atoms with van der Waals surface area (Å²) < 4.78 is 7.60. The molecule has 0 radical (unpaired) electrons. The van der Waals surface area contributed by atoms with E-state index in [4.69, 9.17) is 10.1 Å². The molecule has 9 heteroatoms. The summed E-state index contributed by atoms with van der Waals surface area (Å²) in [6, 6.07) is 13.7. The van der Waals surface area contributed by atoms with Gasteiger partial charge in [0.25, 0.3) is 5.91 Å². The number of aromatic nitrogens is 1. The minimum atomic E-state index is -0.432. The molecule has 160 valence electrons. The van der Waals surface area contributed by atoms with E-state index in [2.05, 4.69) is 14.7 Å². The zero-order chi connectivity index (χ0) is 22.4. The van der Waals surface area contributed by atoms with Gasteiger partial charge in [0.2, 0.25) is 5.17 Å². The number of carbonyl (C=O) groups excluding carboxylic acids is 1. The van der Waals surface area contributed by atoms with E-state index in [0.29, 0.717) is 5.17 Å². The van der Waals surface area contributed by atoms with Gasteiger partial charge < -0.3 is 9.30 Å². The fourth-order valence-corrected chi connectivity index (χ4v) is 5.45. The van der Waals surface area contributed by atoms with Gasteiger partial charge in [-0.05, 0) is 66.9 Å². The predicted molar refractivity (Wildman–Crippen MR) is 130 cm³/mol. The second-order valence-electron chi connectivity index (χ2n) is 7.24. The topological polar surface area (TPSA) is 83.0 Å². The standard InChI is InChI=1S/C23H19N5O2S2/c1-13-11-15(14(2)27(13)17-7-4-5-8-18(17)30-3)12-16-20(24)28-23(25-21(16)29)32-22(26-28)19-9-6-10-31-19/h4-12,24H,1-3H3/b16-12-,24-20?. The molecule has 0 saturated heterocycles. The largest absolute Gasteiger partial charge is 0.495 e. The van der Waals surface area contributed by atoms with E-state index in [-0.39, 0.29) is 11.4 Å². The molecule has 32 heavy (non-hydrogen) atoms. The molecule has 7 nitrogen and oxygen atoms in total. The van der Waals surface area contributed by atoms with E-state index in [0.717, 1.165) is 38.3 Å². The first kappa shape index (κ1) is 20.5. The van der Waals surface area contributed by atoms with Gasteiger partial charge in [-0.1, -0.05) is 18.2 Å². The molecule has 4 heterocycles. The molecule has 1 N–H and O–H groups in total. The van der Waals surface area contributed by atoms with Crippen LogP contribution < -0.4 is 4.74 Å². The Kier molecular flexibility index (Phi) is 5.07. The van der Waals surface area contributed by atoms with Crippen LogP contribution in [0.4, 0.5) is 0 Å². The molecule has 1 amide bonds. The molecule has 1 aromatic carbocycles. The molecule has 0 spiro atoms. The lowest BCUT2D eigenvalue weighted by Crippen LogP contribution is -2.35. The second kappa shape index (κ2) is 7.92. The number of para-hydroxylation sites is 2. The Morgan fingerprint density at radius 1 is 1.16 bits per heavy atom. The lowest BCUT2D eigenvalue weighted by molar-refractivity contribution is -0.114. The molecule has 0 atom stereocenters. The van der Waals surface area contributed by atoms with Gasteiger partial charge in [-0.15, -0.1) is 11.3 Å². The van der Waals surface area contributed by atoms with Crippen LogP contribution in [0.2, 0.25) is 0 Å². The van der Waals surface area contributed by atoms with E-state index < -0.39 is 5.91 Å². The molecule has 2 aromatic heterocycles. The zero-order valence-corrected chi connectivity index (χ0v) is 19.3. The number of fused-ring (bicyclic) bond motifs is 1. The molecular formula is C23H19N5O2S2. The lowest BCUT2D eigenvalue weighted by atomic mass is 10.1. The maximum atomic E-state index is 12.8. The Balaban J connectivity index is 1.54. The summed E-state index contributed by atoms with van der Waals surface area (Å²) in [5.41, 5.74) is 3.91. The van der Waals surface area contributed by atoms with Crippen molar-refractivity contribution in [3.63, 3.8) is 0 Å².